The molecule has 52 heavy (non-hydrogen) atoms. The van der Waals surface area contributed by atoms with Gasteiger partial charge in [-0.15, -0.1) is 0 Å². The maximum Gasteiger partial charge on any atom is 0.410 e. The molecule has 0 aromatic heterocycles. The Morgan fingerprint density at radius 2 is 1.46 bits per heavy atom. The molecule has 0 bridgehead atoms. The lowest BCUT2D eigenvalue weighted by Gasteiger charge is -2.31. The Kier molecular flexibility index (Phi) is 14.6. The molecule has 1 heterocycles. The van der Waals surface area contributed by atoms with Crippen molar-refractivity contribution in [1.82, 2.24) is 4.90 Å². The molecule has 1 aliphatic rings. The van der Waals surface area contributed by atoms with Crippen LogP contribution in [0.2, 0.25) is 0 Å². The van der Waals surface area contributed by atoms with Gasteiger partial charge in [-0.2, -0.15) is 0 Å². The summed E-state index contributed by atoms with van der Waals surface area (Å²) in [5, 5.41) is 0. The number of allylic oxidation sites excluding steroid dienone is 1. The molecule has 0 saturated carbocycles. The van der Waals surface area contributed by atoms with Gasteiger partial charge in [0.15, 0.2) is 0 Å². The van der Waals surface area contributed by atoms with Gasteiger partial charge in [-0.1, -0.05) is 80.7 Å². The van der Waals surface area contributed by atoms with Gasteiger partial charge < -0.3 is 23.8 Å². The first-order chi connectivity index (χ1) is 24.8. The minimum absolute atomic E-state index is 0.248. The van der Waals surface area contributed by atoms with Crippen molar-refractivity contribution < 1.29 is 37.7 Å². The van der Waals surface area contributed by atoms with E-state index in [0.717, 1.165) is 71.9 Å². The van der Waals surface area contributed by atoms with Gasteiger partial charge in [0, 0.05) is 38.1 Å². The summed E-state index contributed by atoms with van der Waals surface area (Å²) in [5.74, 6) is 0.678. The van der Waals surface area contributed by atoms with E-state index in [0.29, 0.717) is 36.8 Å². The van der Waals surface area contributed by atoms with Crippen molar-refractivity contribution in [2.45, 2.75) is 98.2 Å². The highest BCUT2D eigenvalue weighted by atomic mass is 19.1. The minimum Gasteiger partial charge on any atom is -0.480 e. The molecule has 1 aliphatic heterocycles. The monoisotopic (exact) mass is 713 g/mol. The number of amides is 1. The fourth-order valence-corrected chi connectivity index (χ4v) is 6.12. The largest absolute Gasteiger partial charge is 0.480 e. The van der Waals surface area contributed by atoms with Crippen LogP contribution in [-0.4, -0.2) is 48.3 Å². The summed E-state index contributed by atoms with van der Waals surface area (Å²) in [7, 11) is 0. The molecular weight excluding hydrogens is 661 g/mol. The number of ether oxygens (including phenoxy) is 4. The molecule has 0 fully saturated rings. The van der Waals surface area contributed by atoms with Gasteiger partial charge in [0.05, 0.1) is 6.67 Å². The van der Waals surface area contributed by atoms with E-state index in [-0.39, 0.29) is 12.8 Å². The number of nitrogens with zero attached hydrogens (tertiary/aromatic N) is 1. The van der Waals surface area contributed by atoms with Gasteiger partial charge in [-0.25, -0.2) is 4.79 Å². The molecule has 3 aromatic carbocycles. The van der Waals surface area contributed by atoms with E-state index in [1.807, 2.05) is 82.3 Å². The molecule has 1 unspecified atom stereocenters. The Morgan fingerprint density at radius 3 is 2.10 bits per heavy atom. The smallest absolute Gasteiger partial charge is 0.410 e. The molecule has 8 nitrogen and oxygen atoms in total. The van der Waals surface area contributed by atoms with Gasteiger partial charge >= 0.3 is 18.0 Å². The van der Waals surface area contributed by atoms with Gasteiger partial charge in [0.25, 0.3) is 0 Å². The molecule has 0 saturated heterocycles. The van der Waals surface area contributed by atoms with Crippen LogP contribution in [0, 0.1) is 0 Å². The van der Waals surface area contributed by atoms with Crippen LogP contribution in [0.1, 0.15) is 115 Å². The predicted octanol–water partition coefficient (Wildman–Crippen LogP) is 10.6. The number of hydrogen-bond donors (Lipinski definition) is 0. The van der Waals surface area contributed by atoms with E-state index >= 15 is 0 Å². The van der Waals surface area contributed by atoms with Crippen LogP contribution >= 0.6 is 0 Å². The van der Waals surface area contributed by atoms with E-state index in [1.165, 1.54) is 13.8 Å². The SMILES string of the molecule is CC(=O)Oc1cccc(C2=C(C)c3cc(OC(C)=O)ccc3OC2c2ccc(C=CCN(CCCCCCCCCF)C(=O)OC(C)(C)C)cc2)c1. The lowest BCUT2D eigenvalue weighted by molar-refractivity contribution is -0.132. The molecule has 0 spiro atoms. The highest BCUT2D eigenvalue weighted by Crippen LogP contribution is 2.47. The number of fused-ring (bicyclic) bond motifs is 1. The van der Waals surface area contributed by atoms with Gasteiger partial charge in [-0.3, -0.25) is 14.0 Å². The van der Waals surface area contributed by atoms with Gasteiger partial charge in [-0.05, 0) is 93.1 Å². The summed E-state index contributed by atoms with van der Waals surface area (Å²) in [4.78, 5) is 38.2. The first-order valence-electron chi connectivity index (χ1n) is 18.1. The van der Waals surface area contributed by atoms with Crippen molar-refractivity contribution in [3.63, 3.8) is 0 Å². The number of unbranched alkanes of at least 4 members (excludes halogenated alkanes) is 6. The summed E-state index contributed by atoms with van der Waals surface area (Å²) in [6.07, 6.45) is 9.77. The normalized spacial score (nSPS) is 14.1. The van der Waals surface area contributed by atoms with Crippen LogP contribution in [0.25, 0.3) is 17.2 Å². The molecule has 0 aliphatic carbocycles. The molecule has 278 valence electrons. The second-order valence-electron chi connectivity index (χ2n) is 14.1. The third-order valence-electron chi connectivity index (χ3n) is 8.52. The second kappa shape index (κ2) is 19.1. The standard InChI is InChI=1S/C43H52FNO7/c1-30-38-29-37(50-32(3)47)23-24-39(38)51-41(40(30)35-17-14-18-36(28-35)49-31(2)46)34-21-19-33(20-22-34)16-15-27-45(42(48)52-43(4,5)6)26-13-11-9-7-8-10-12-25-44/h14-24,28-29,41H,7-13,25-27H2,1-6H3. The quantitative estimate of drug-likeness (QED) is 0.0829. The van der Waals surface area contributed by atoms with Crippen LogP contribution in [0.4, 0.5) is 9.18 Å². The average molecular weight is 714 g/mol. The van der Waals surface area contributed by atoms with Gasteiger partial charge in [0.1, 0.15) is 29.0 Å². The first-order valence-corrected chi connectivity index (χ1v) is 18.1. The zero-order valence-electron chi connectivity index (χ0n) is 31.3. The number of halogens is 1. The summed E-state index contributed by atoms with van der Waals surface area (Å²) in [6.45, 7) is 11.1. The second-order valence-corrected chi connectivity index (χ2v) is 14.1. The number of esters is 2. The van der Waals surface area contributed by atoms with Crippen molar-refractivity contribution in [2.75, 3.05) is 19.8 Å². The van der Waals surface area contributed by atoms with E-state index in [1.54, 1.807) is 29.2 Å². The number of carbonyl (C=O) groups is 3. The van der Waals surface area contributed by atoms with Crippen LogP contribution in [-0.2, 0) is 14.3 Å². The van der Waals surface area contributed by atoms with Crippen LogP contribution < -0.4 is 14.2 Å². The number of alkyl halides is 1. The minimum atomic E-state index is -0.592. The molecule has 0 N–H and O–H groups in total. The molecule has 0 radical (unpaired) electrons. The van der Waals surface area contributed by atoms with E-state index < -0.39 is 23.6 Å². The van der Waals surface area contributed by atoms with Crippen molar-refractivity contribution in [3.05, 3.63) is 95.1 Å². The van der Waals surface area contributed by atoms with Crippen molar-refractivity contribution in [2.24, 2.45) is 0 Å². The number of rotatable bonds is 16. The van der Waals surface area contributed by atoms with E-state index in [9.17, 15) is 18.8 Å². The Hall–Kier alpha value is -4.92. The number of benzene rings is 3. The predicted molar refractivity (Wildman–Crippen MR) is 203 cm³/mol. The molecule has 4 rings (SSSR count). The van der Waals surface area contributed by atoms with Crippen LogP contribution in [0.15, 0.2) is 72.8 Å². The summed E-state index contributed by atoms with van der Waals surface area (Å²) in [6, 6.07) is 20.7. The van der Waals surface area contributed by atoms with Crippen molar-refractivity contribution in [3.8, 4) is 17.2 Å². The Morgan fingerprint density at radius 1 is 0.827 bits per heavy atom. The third kappa shape index (κ3) is 12.1. The maximum atomic E-state index is 13.0. The molecule has 3 aromatic rings. The topological polar surface area (TPSA) is 91.4 Å². The highest BCUT2D eigenvalue weighted by Gasteiger charge is 2.30. The van der Waals surface area contributed by atoms with E-state index in [4.69, 9.17) is 18.9 Å². The Labute approximate surface area is 307 Å². The van der Waals surface area contributed by atoms with Crippen LogP contribution in [0.5, 0.6) is 17.2 Å². The third-order valence-corrected chi connectivity index (χ3v) is 8.52. The van der Waals surface area contributed by atoms with Crippen molar-refractivity contribution in [1.29, 1.82) is 0 Å². The molecule has 9 heteroatoms. The average Bonchev–Trinajstić information content (AvgIpc) is 3.08. The van der Waals surface area contributed by atoms with Crippen LogP contribution in [0.3, 0.4) is 0 Å². The maximum absolute atomic E-state index is 13.0. The van der Waals surface area contributed by atoms with Crippen molar-refractivity contribution >= 4 is 35.3 Å². The summed E-state index contributed by atoms with van der Waals surface area (Å²) >= 11 is 0. The lowest BCUT2D eigenvalue weighted by Crippen LogP contribution is -2.37. The zero-order chi connectivity index (χ0) is 37.7. The van der Waals surface area contributed by atoms with E-state index in [2.05, 4.69) is 0 Å². The first kappa shape index (κ1) is 39.9. The fourth-order valence-electron chi connectivity index (χ4n) is 6.12. The summed E-state index contributed by atoms with van der Waals surface area (Å²) in [5.41, 5.74) is 4.73. The Balaban J connectivity index is 1.53. The number of carbonyl (C=O) groups excluding carboxylic acids is 3. The zero-order valence-corrected chi connectivity index (χ0v) is 31.3. The Bertz CT molecular complexity index is 1740. The molecule has 1 amide bonds. The lowest BCUT2D eigenvalue weighted by atomic mass is 9.86. The molecule has 1 atom stereocenters. The molecular formula is C43H52FNO7. The number of hydrogen-bond acceptors (Lipinski definition) is 7. The fraction of sp³-hybridized carbons (Fsp3) is 0.419. The summed E-state index contributed by atoms with van der Waals surface area (Å²) < 4.78 is 35.4. The highest BCUT2D eigenvalue weighted by molar-refractivity contribution is 5.96. The van der Waals surface area contributed by atoms with Gasteiger partial charge in [0.2, 0.25) is 0 Å².